The zero-order valence-electron chi connectivity index (χ0n) is 11.1. The van der Waals surface area contributed by atoms with Crippen molar-refractivity contribution in [3.63, 3.8) is 0 Å². The van der Waals surface area contributed by atoms with Gasteiger partial charge < -0.3 is 14.6 Å². The van der Waals surface area contributed by atoms with Crippen LogP contribution in [-0.4, -0.2) is 29.9 Å². The fourth-order valence-corrected chi connectivity index (χ4v) is 1.72. The normalized spacial score (nSPS) is 10.7. The number of hydrogen-bond donors (Lipinski definition) is 1. The van der Waals surface area contributed by atoms with E-state index in [0.717, 1.165) is 12.1 Å². The third-order valence-corrected chi connectivity index (χ3v) is 2.51. The van der Waals surface area contributed by atoms with Gasteiger partial charge in [0.05, 0.1) is 12.7 Å². The number of furan rings is 1. The van der Waals surface area contributed by atoms with Crippen LogP contribution in [0.5, 0.6) is 0 Å². The van der Waals surface area contributed by atoms with Gasteiger partial charge in [-0.05, 0) is 37.9 Å². The van der Waals surface area contributed by atoms with Crippen LogP contribution < -0.4 is 5.32 Å². The third-order valence-electron chi connectivity index (χ3n) is 2.51. The highest BCUT2D eigenvalue weighted by Gasteiger charge is 2.06. The molecule has 100 valence electrons. The van der Waals surface area contributed by atoms with Gasteiger partial charge in [-0.15, -0.1) is 0 Å². The molecule has 0 saturated heterocycles. The van der Waals surface area contributed by atoms with Gasteiger partial charge in [-0.2, -0.15) is 0 Å². The van der Waals surface area contributed by atoms with Gasteiger partial charge >= 0.3 is 0 Å². The van der Waals surface area contributed by atoms with Gasteiger partial charge in [0.2, 0.25) is 5.91 Å². The highest BCUT2D eigenvalue weighted by atomic mass is 16.3. The number of carbonyl (C=O) groups excluding carboxylic acids is 1. The van der Waals surface area contributed by atoms with E-state index < -0.39 is 0 Å². The first-order chi connectivity index (χ1) is 9.13. The molecule has 5 heteroatoms. The zero-order chi connectivity index (χ0) is 13.7. The molecule has 1 N–H and O–H groups in total. The first-order valence-electron chi connectivity index (χ1n) is 6.05. The Kier molecular flexibility index (Phi) is 4.30. The average molecular weight is 259 g/mol. The van der Waals surface area contributed by atoms with Crippen LogP contribution in [0, 0.1) is 0 Å². The molecule has 19 heavy (non-hydrogen) atoms. The number of carbonyl (C=O) groups is 1. The largest absolute Gasteiger partial charge is 0.469 e. The van der Waals surface area contributed by atoms with Crippen LogP contribution in [-0.2, 0) is 17.8 Å². The van der Waals surface area contributed by atoms with Gasteiger partial charge in [0, 0.05) is 12.7 Å². The van der Waals surface area contributed by atoms with Gasteiger partial charge in [-0.25, -0.2) is 4.98 Å². The summed E-state index contributed by atoms with van der Waals surface area (Å²) in [5.74, 6) is 1.06. The summed E-state index contributed by atoms with van der Waals surface area (Å²) in [5.41, 5.74) is 1.11. The van der Waals surface area contributed by atoms with E-state index in [1.807, 2.05) is 20.2 Å². The lowest BCUT2D eigenvalue weighted by Crippen LogP contribution is -2.15. The van der Waals surface area contributed by atoms with Crippen molar-refractivity contribution in [2.24, 2.45) is 0 Å². The molecule has 0 aliphatic carbocycles. The maximum absolute atomic E-state index is 11.7. The Balaban J connectivity index is 1.90. The molecule has 0 spiro atoms. The molecule has 1 amide bonds. The lowest BCUT2D eigenvalue weighted by molar-refractivity contribution is -0.115. The fourth-order valence-electron chi connectivity index (χ4n) is 1.72. The number of rotatable bonds is 5. The minimum Gasteiger partial charge on any atom is -0.469 e. The van der Waals surface area contributed by atoms with Crippen molar-refractivity contribution in [3.05, 3.63) is 48.0 Å². The van der Waals surface area contributed by atoms with Crippen molar-refractivity contribution in [1.29, 1.82) is 0 Å². The zero-order valence-corrected chi connectivity index (χ0v) is 11.1. The topological polar surface area (TPSA) is 58.4 Å². The Labute approximate surface area is 112 Å². The molecule has 2 rings (SSSR count). The molecule has 2 heterocycles. The third kappa shape index (κ3) is 4.22. The number of nitrogens with one attached hydrogen (secondary N) is 1. The van der Waals surface area contributed by atoms with E-state index in [-0.39, 0.29) is 12.3 Å². The number of aromatic nitrogens is 1. The first-order valence-corrected chi connectivity index (χ1v) is 6.05. The molecule has 0 atom stereocenters. The summed E-state index contributed by atoms with van der Waals surface area (Å²) in [5, 5.41) is 2.74. The molecule has 0 saturated carbocycles. The molecule has 0 aliphatic heterocycles. The lowest BCUT2D eigenvalue weighted by atomic mass is 10.2. The van der Waals surface area contributed by atoms with Crippen molar-refractivity contribution < 1.29 is 9.21 Å². The highest BCUT2D eigenvalue weighted by molar-refractivity contribution is 5.90. The molecule has 0 fully saturated rings. The Hall–Kier alpha value is -2.14. The predicted molar refractivity (Wildman–Crippen MR) is 72.7 cm³/mol. The quantitative estimate of drug-likeness (QED) is 0.891. The van der Waals surface area contributed by atoms with E-state index in [2.05, 4.69) is 15.2 Å². The van der Waals surface area contributed by atoms with Crippen molar-refractivity contribution in [3.8, 4) is 0 Å². The number of hydrogen-bond acceptors (Lipinski definition) is 4. The van der Waals surface area contributed by atoms with Crippen LogP contribution in [0.3, 0.4) is 0 Å². The molecule has 2 aromatic heterocycles. The summed E-state index contributed by atoms with van der Waals surface area (Å²) in [6.45, 7) is 0.827. The number of pyridine rings is 1. The summed E-state index contributed by atoms with van der Waals surface area (Å²) in [6, 6.07) is 7.29. The summed E-state index contributed by atoms with van der Waals surface area (Å²) in [6.07, 6.45) is 3.54. The number of anilines is 1. The molecule has 0 aromatic carbocycles. The van der Waals surface area contributed by atoms with E-state index >= 15 is 0 Å². The van der Waals surface area contributed by atoms with E-state index in [1.165, 1.54) is 0 Å². The second kappa shape index (κ2) is 6.15. The van der Waals surface area contributed by atoms with Crippen LogP contribution >= 0.6 is 0 Å². The molecule has 0 radical (unpaired) electrons. The smallest absolute Gasteiger partial charge is 0.233 e. The van der Waals surface area contributed by atoms with Crippen molar-refractivity contribution >= 4 is 11.7 Å². The van der Waals surface area contributed by atoms with Gasteiger partial charge in [0.1, 0.15) is 11.6 Å². The first kappa shape index (κ1) is 13.3. The fraction of sp³-hybridized carbons (Fsp3) is 0.286. The molecular formula is C14H17N3O2. The minimum atomic E-state index is -0.136. The standard InChI is InChI=1S/C14H17N3O2/c1-17(2)10-11-5-6-13(15-9-11)16-14(18)8-12-4-3-7-19-12/h3-7,9H,8,10H2,1-2H3,(H,15,16,18). The van der Waals surface area contributed by atoms with Gasteiger partial charge in [-0.3, -0.25) is 4.79 Å². The van der Waals surface area contributed by atoms with Gasteiger partial charge in [-0.1, -0.05) is 6.07 Å². The SMILES string of the molecule is CN(C)Cc1ccc(NC(=O)Cc2ccco2)nc1. The summed E-state index contributed by atoms with van der Waals surface area (Å²) < 4.78 is 5.12. The van der Waals surface area contributed by atoms with E-state index in [1.54, 1.807) is 30.7 Å². The van der Waals surface area contributed by atoms with E-state index in [4.69, 9.17) is 4.42 Å². The Morgan fingerprint density at radius 2 is 2.21 bits per heavy atom. The maximum Gasteiger partial charge on any atom is 0.233 e. The molecule has 5 nitrogen and oxygen atoms in total. The van der Waals surface area contributed by atoms with Crippen LogP contribution in [0.4, 0.5) is 5.82 Å². The Morgan fingerprint density at radius 3 is 2.79 bits per heavy atom. The monoisotopic (exact) mass is 259 g/mol. The molecular weight excluding hydrogens is 242 g/mol. The molecule has 0 aliphatic rings. The van der Waals surface area contributed by atoms with E-state index in [9.17, 15) is 4.79 Å². The van der Waals surface area contributed by atoms with Crippen LogP contribution in [0.1, 0.15) is 11.3 Å². The summed E-state index contributed by atoms with van der Waals surface area (Å²) in [4.78, 5) is 18.0. The van der Waals surface area contributed by atoms with Gasteiger partial charge in [0.25, 0.3) is 0 Å². The summed E-state index contributed by atoms with van der Waals surface area (Å²) in [7, 11) is 4.00. The van der Waals surface area contributed by atoms with Crippen molar-refractivity contribution in [2.75, 3.05) is 19.4 Å². The Morgan fingerprint density at radius 1 is 1.37 bits per heavy atom. The second-order valence-corrected chi connectivity index (χ2v) is 4.59. The van der Waals surface area contributed by atoms with Gasteiger partial charge in [0.15, 0.2) is 0 Å². The van der Waals surface area contributed by atoms with E-state index in [0.29, 0.717) is 11.6 Å². The Bertz CT molecular complexity index is 518. The molecule has 0 bridgehead atoms. The summed E-state index contributed by atoms with van der Waals surface area (Å²) >= 11 is 0. The van der Waals surface area contributed by atoms with Crippen LogP contribution in [0.15, 0.2) is 41.1 Å². The maximum atomic E-state index is 11.7. The minimum absolute atomic E-state index is 0.136. The predicted octanol–water partition coefficient (Wildman–Crippen LogP) is 1.92. The molecule has 2 aromatic rings. The highest BCUT2D eigenvalue weighted by Crippen LogP contribution is 2.08. The number of nitrogens with zero attached hydrogens (tertiary/aromatic N) is 2. The average Bonchev–Trinajstić information content (AvgIpc) is 2.83. The van der Waals surface area contributed by atoms with Crippen LogP contribution in [0.25, 0.3) is 0 Å². The van der Waals surface area contributed by atoms with Crippen molar-refractivity contribution in [2.45, 2.75) is 13.0 Å². The lowest BCUT2D eigenvalue weighted by Gasteiger charge is -2.09. The molecule has 0 unspecified atom stereocenters. The second-order valence-electron chi connectivity index (χ2n) is 4.59. The van der Waals surface area contributed by atoms with Crippen LogP contribution in [0.2, 0.25) is 0 Å². The number of amides is 1. The van der Waals surface area contributed by atoms with Crippen molar-refractivity contribution in [1.82, 2.24) is 9.88 Å².